The van der Waals surface area contributed by atoms with Gasteiger partial charge in [-0.15, -0.1) is 0 Å². The first kappa shape index (κ1) is 18.6. The molecule has 0 bridgehead atoms. The van der Waals surface area contributed by atoms with Crippen LogP contribution in [0, 0.1) is 5.41 Å². The van der Waals surface area contributed by atoms with Gasteiger partial charge in [-0.25, -0.2) is 0 Å². The second-order valence-corrected chi connectivity index (χ2v) is 8.69. The third-order valence-corrected chi connectivity index (χ3v) is 6.06. The van der Waals surface area contributed by atoms with Crippen molar-refractivity contribution >= 4 is 0 Å². The predicted octanol–water partition coefficient (Wildman–Crippen LogP) is 4.90. The van der Waals surface area contributed by atoms with Crippen molar-refractivity contribution in [3.05, 3.63) is 47.0 Å². The summed E-state index contributed by atoms with van der Waals surface area (Å²) in [7, 11) is 0. The average Bonchev–Trinajstić information content (AvgIpc) is 2.57. The van der Waals surface area contributed by atoms with Crippen LogP contribution in [-0.2, 0) is 20.8 Å². The standard InChI is InChI=1S/C22H32O3/c1-17-11-12-22(16-24-20(2,3)15-25-22)21(4,5)19(17)14-23-13-18-9-7-6-8-10-18/h6-10H,11-16H2,1-5H3. The fourth-order valence-electron chi connectivity index (χ4n) is 4.02. The van der Waals surface area contributed by atoms with E-state index in [4.69, 9.17) is 14.2 Å². The highest BCUT2D eigenvalue weighted by Gasteiger charge is 2.54. The van der Waals surface area contributed by atoms with Crippen molar-refractivity contribution in [2.75, 3.05) is 19.8 Å². The number of rotatable bonds is 4. The van der Waals surface area contributed by atoms with Crippen molar-refractivity contribution in [1.82, 2.24) is 0 Å². The second-order valence-electron chi connectivity index (χ2n) is 8.69. The summed E-state index contributed by atoms with van der Waals surface area (Å²) in [5.74, 6) is 0. The minimum Gasteiger partial charge on any atom is -0.372 e. The molecule has 3 rings (SSSR count). The highest BCUT2D eigenvalue weighted by molar-refractivity contribution is 5.29. The fourth-order valence-corrected chi connectivity index (χ4v) is 4.02. The van der Waals surface area contributed by atoms with Crippen LogP contribution in [0.25, 0.3) is 0 Å². The van der Waals surface area contributed by atoms with Crippen molar-refractivity contribution in [3.8, 4) is 0 Å². The molecule has 0 amide bonds. The Bertz CT molecular complexity index is 618. The fraction of sp³-hybridized carbons (Fsp3) is 0.636. The van der Waals surface area contributed by atoms with E-state index in [1.165, 1.54) is 16.7 Å². The lowest BCUT2D eigenvalue weighted by atomic mass is 9.62. The SMILES string of the molecule is CC1=C(COCc2ccccc2)C(C)(C)C2(CC1)COC(C)(C)CO2. The van der Waals surface area contributed by atoms with Gasteiger partial charge >= 0.3 is 0 Å². The zero-order valence-corrected chi connectivity index (χ0v) is 16.4. The first-order valence-corrected chi connectivity index (χ1v) is 9.34. The quantitative estimate of drug-likeness (QED) is 0.727. The number of ether oxygens (including phenoxy) is 3. The number of allylic oxidation sites excluding steroid dienone is 1. The molecule has 3 heteroatoms. The maximum Gasteiger partial charge on any atom is 0.101 e. The maximum atomic E-state index is 6.47. The smallest absolute Gasteiger partial charge is 0.101 e. The third kappa shape index (κ3) is 3.69. The monoisotopic (exact) mass is 344 g/mol. The molecular weight excluding hydrogens is 312 g/mol. The Morgan fingerprint density at radius 1 is 0.960 bits per heavy atom. The van der Waals surface area contributed by atoms with Gasteiger partial charge in [0.15, 0.2) is 0 Å². The summed E-state index contributed by atoms with van der Waals surface area (Å²) >= 11 is 0. The maximum absolute atomic E-state index is 6.47. The Labute approximate surface area is 152 Å². The van der Waals surface area contributed by atoms with Gasteiger partial charge in [-0.1, -0.05) is 49.8 Å². The van der Waals surface area contributed by atoms with Crippen LogP contribution in [0.4, 0.5) is 0 Å². The first-order valence-electron chi connectivity index (χ1n) is 9.34. The molecule has 1 heterocycles. The van der Waals surface area contributed by atoms with E-state index in [1.807, 2.05) is 6.07 Å². The van der Waals surface area contributed by atoms with Crippen molar-refractivity contribution in [2.45, 2.75) is 65.3 Å². The van der Waals surface area contributed by atoms with Crippen LogP contribution < -0.4 is 0 Å². The number of hydrogen-bond donors (Lipinski definition) is 0. The summed E-state index contributed by atoms with van der Waals surface area (Å²) in [6.45, 7) is 13.6. The number of hydrogen-bond acceptors (Lipinski definition) is 3. The predicted molar refractivity (Wildman–Crippen MR) is 101 cm³/mol. The van der Waals surface area contributed by atoms with E-state index in [0.29, 0.717) is 26.4 Å². The first-order chi connectivity index (χ1) is 11.8. The molecule has 1 spiro atoms. The highest BCUT2D eigenvalue weighted by atomic mass is 16.6. The Hall–Kier alpha value is -1.16. The normalized spacial score (nSPS) is 28.4. The zero-order chi connectivity index (χ0) is 18.1. The summed E-state index contributed by atoms with van der Waals surface area (Å²) in [6, 6.07) is 10.4. The summed E-state index contributed by atoms with van der Waals surface area (Å²) in [5.41, 5.74) is 3.50. The lowest BCUT2D eigenvalue weighted by molar-refractivity contribution is -0.258. The van der Waals surface area contributed by atoms with Gasteiger partial charge < -0.3 is 14.2 Å². The van der Waals surface area contributed by atoms with E-state index in [1.54, 1.807) is 0 Å². The van der Waals surface area contributed by atoms with Crippen LogP contribution in [0.2, 0.25) is 0 Å². The summed E-state index contributed by atoms with van der Waals surface area (Å²) in [6.07, 6.45) is 2.07. The van der Waals surface area contributed by atoms with Crippen molar-refractivity contribution < 1.29 is 14.2 Å². The van der Waals surface area contributed by atoms with E-state index in [2.05, 4.69) is 58.9 Å². The Kier molecular flexibility index (Phi) is 5.11. The molecule has 1 aromatic rings. The van der Waals surface area contributed by atoms with Crippen LogP contribution >= 0.6 is 0 Å². The van der Waals surface area contributed by atoms with Gasteiger partial charge in [-0.3, -0.25) is 0 Å². The van der Waals surface area contributed by atoms with Crippen LogP contribution in [0.1, 0.15) is 53.0 Å². The lowest BCUT2D eigenvalue weighted by Crippen LogP contribution is -2.60. The van der Waals surface area contributed by atoms with Gasteiger partial charge in [0.05, 0.1) is 32.0 Å². The van der Waals surface area contributed by atoms with E-state index in [-0.39, 0.29) is 16.6 Å². The van der Waals surface area contributed by atoms with Crippen molar-refractivity contribution in [3.63, 3.8) is 0 Å². The third-order valence-electron chi connectivity index (χ3n) is 6.06. The minimum atomic E-state index is -0.243. The molecule has 0 aromatic heterocycles. The highest BCUT2D eigenvalue weighted by Crippen LogP contribution is 2.51. The molecule has 0 saturated carbocycles. The molecule has 1 saturated heterocycles. The zero-order valence-electron chi connectivity index (χ0n) is 16.4. The average molecular weight is 344 g/mol. The van der Waals surface area contributed by atoms with E-state index in [0.717, 1.165) is 12.8 Å². The van der Waals surface area contributed by atoms with Crippen molar-refractivity contribution in [1.29, 1.82) is 0 Å². The van der Waals surface area contributed by atoms with Crippen LogP contribution in [0.5, 0.6) is 0 Å². The molecule has 1 aromatic carbocycles. The minimum absolute atomic E-state index is 0.0947. The van der Waals surface area contributed by atoms with Crippen molar-refractivity contribution in [2.24, 2.45) is 5.41 Å². The molecule has 1 aliphatic carbocycles. The van der Waals surface area contributed by atoms with E-state index >= 15 is 0 Å². The number of benzene rings is 1. The van der Waals surface area contributed by atoms with E-state index < -0.39 is 0 Å². The molecule has 1 unspecified atom stereocenters. The van der Waals surface area contributed by atoms with Gasteiger partial charge in [0.1, 0.15) is 5.60 Å². The molecule has 0 radical (unpaired) electrons. The molecule has 25 heavy (non-hydrogen) atoms. The molecule has 0 N–H and O–H groups in total. The van der Waals surface area contributed by atoms with Gasteiger partial charge in [0, 0.05) is 5.41 Å². The van der Waals surface area contributed by atoms with E-state index in [9.17, 15) is 0 Å². The summed E-state index contributed by atoms with van der Waals surface area (Å²) in [5, 5.41) is 0. The topological polar surface area (TPSA) is 27.7 Å². The van der Waals surface area contributed by atoms with Crippen LogP contribution in [0.3, 0.4) is 0 Å². The largest absolute Gasteiger partial charge is 0.372 e. The van der Waals surface area contributed by atoms with Gasteiger partial charge in [-0.2, -0.15) is 0 Å². The Morgan fingerprint density at radius 2 is 1.68 bits per heavy atom. The summed E-state index contributed by atoms with van der Waals surface area (Å²) < 4.78 is 18.7. The Morgan fingerprint density at radius 3 is 2.32 bits per heavy atom. The van der Waals surface area contributed by atoms with Gasteiger partial charge in [0.25, 0.3) is 0 Å². The molecule has 1 atom stereocenters. The second kappa shape index (κ2) is 6.86. The molecule has 138 valence electrons. The lowest BCUT2D eigenvalue weighted by Gasteiger charge is -2.55. The van der Waals surface area contributed by atoms with Crippen LogP contribution in [0.15, 0.2) is 41.5 Å². The van der Waals surface area contributed by atoms with Gasteiger partial charge in [-0.05, 0) is 44.7 Å². The van der Waals surface area contributed by atoms with Crippen LogP contribution in [-0.4, -0.2) is 31.0 Å². The molecular formula is C22H32O3. The molecule has 1 aliphatic heterocycles. The Balaban J connectivity index is 1.72. The molecule has 3 nitrogen and oxygen atoms in total. The molecule has 2 aliphatic rings. The summed E-state index contributed by atoms with van der Waals surface area (Å²) in [4.78, 5) is 0. The molecule has 1 fully saturated rings. The van der Waals surface area contributed by atoms with Gasteiger partial charge in [0.2, 0.25) is 0 Å².